The van der Waals surface area contributed by atoms with E-state index in [9.17, 15) is 4.79 Å². The standard InChI is InChI=1S/C26H26N2OS2/c1-5-28-24(29)23(31-25(28)30)19(18-12-7-6-8-13-18)14-11-17-22-26(2,3)20-15-9-10-16-21(20)27(22)4/h6-17H,5H2,1-4H3/b14-11+,22-17-,23-19-. The van der Waals surface area contributed by atoms with E-state index in [1.54, 1.807) is 4.90 Å². The number of rotatable bonds is 4. The van der Waals surface area contributed by atoms with Gasteiger partial charge in [-0.2, -0.15) is 0 Å². The summed E-state index contributed by atoms with van der Waals surface area (Å²) in [5.74, 6) is -0.0145. The van der Waals surface area contributed by atoms with Gasteiger partial charge < -0.3 is 4.90 Å². The molecule has 0 aliphatic carbocycles. The van der Waals surface area contributed by atoms with Gasteiger partial charge in [0.2, 0.25) is 0 Å². The van der Waals surface area contributed by atoms with Crippen LogP contribution in [0.1, 0.15) is 31.9 Å². The number of likely N-dealkylation sites (N-methyl/N-ethyl adjacent to an activating group) is 2. The monoisotopic (exact) mass is 446 g/mol. The molecular formula is C26H26N2OS2. The third-order valence-electron chi connectivity index (χ3n) is 5.95. The lowest BCUT2D eigenvalue weighted by Gasteiger charge is -2.23. The Bertz CT molecular complexity index is 1130. The summed E-state index contributed by atoms with van der Waals surface area (Å²) in [7, 11) is 2.11. The van der Waals surface area contributed by atoms with Gasteiger partial charge in [0.1, 0.15) is 4.32 Å². The minimum Gasteiger partial charge on any atom is -0.347 e. The number of para-hydroxylation sites is 1. The molecule has 158 valence electrons. The summed E-state index contributed by atoms with van der Waals surface area (Å²) < 4.78 is 0.620. The van der Waals surface area contributed by atoms with E-state index < -0.39 is 0 Å². The van der Waals surface area contributed by atoms with E-state index in [4.69, 9.17) is 12.2 Å². The molecule has 1 saturated heterocycles. The average Bonchev–Trinajstić information content (AvgIpc) is 3.16. The summed E-state index contributed by atoms with van der Waals surface area (Å²) >= 11 is 6.83. The minimum atomic E-state index is -0.0890. The maximum Gasteiger partial charge on any atom is 0.266 e. The highest BCUT2D eigenvalue weighted by molar-refractivity contribution is 8.26. The Hall–Kier alpha value is -2.63. The van der Waals surface area contributed by atoms with Gasteiger partial charge in [-0.15, -0.1) is 0 Å². The van der Waals surface area contributed by atoms with Crippen LogP contribution in [0.5, 0.6) is 0 Å². The van der Waals surface area contributed by atoms with Crippen molar-refractivity contribution >= 4 is 45.5 Å². The first-order valence-electron chi connectivity index (χ1n) is 10.4. The molecule has 2 aromatic carbocycles. The molecule has 5 heteroatoms. The lowest BCUT2D eigenvalue weighted by Crippen LogP contribution is -2.27. The fourth-order valence-corrected chi connectivity index (χ4v) is 5.74. The maximum absolute atomic E-state index is 13.0. The number of nitrogens with zero attached hydrogens (tertiary/aromatic N) is 2. The first-order chi connectivity index (χ1) is 14.9. The van der Waals surface area contributed by atoms with Gasteiger partial charge in [0.15, 0.2) is 0 Å². The Morgan fingerprint density at radius 1 is 1.10 bits per heavy atom. The quantitative estimate of drug-likeness (QED) is 0.415. The van der Waals surface area contributed by atoms with E-state index in [0.717, 1.165) is 11.1 Å². The number of fused-ring (bicyclic) bond motifs is 1. The van der Waals surface area contributed by atoms with Gasteiger partial charge in [0, 0.05) is 36.0 Å². The number of benzene rings is 2. The summed E-state index contributed by atoms with van der Waals surface area (Å²) in [6.45, 7) is 7.03. The predicted molar refractivity (Wildman–Crippen MR) is 136 cm³/mol. The highest BCUT2D eigenvalue weighted by Gasteiger charge is 2.37. The molecule has 0 atom stereocenters. The SMILES string of the molecule is CCN1C(=O)\C(=C(/C=C/C=C2\N(C)c3ccccc3C2(C)C)c2ccccc2)SC1=S. The third kappa shape index (κ3) is 3.77. The fourth-order valence-electron chi connectivity index (χ4n) is 4.29. The zero-order valence-electron chi connectivity index (χ0n) is 18.3. The van der Waals surface area contributed by atoms with Crippen molar-refractivity contribution in [2.75, 3.05) is 18.5 Å². The van der Waals surface area contributed by atoms with Gasteiger partial charge in [0.25, 0.3) is 5.91 Å². The molecule has 1 amide bonds. The van der Waals surface area contributed by atoms with Crippen LogP contribution in [-0.2, 0) is 10.2 Å². The summed E-state index contributed by atoms with van der Waals surface area (Å²) in [4.78, 5) is 17.6. The van der Waals surface area contributed by atoms with E-state index in [2.05, 4.69) is 62.2 Å². The van der Waals surface area contributed by atoms with Crippen LogP contribution < -0.4 is 4.90 Å². The molecule has 0 spiro atoms. The Labute approximate surface area is 194 Å². The second-order valence-corrected chi connectivity index (χ2v) is 9.78. The number of anilines is 1. The van der Waals surface area contributed by atoms with E-state index in [0.29, 0.717) is 15.8 Å². The molecule has 2 heterocycles. The summed E-state index contributed by atoms with van der Waals surface area (Å²) in [6, 6.07) is 18.6. The Morgan fingerprint density at radius 2 is 1.77 bits per heavy atom. The van der Waals surface area contributed by atoms with Crippen molar-refractivity contribution in [2.45, 2.75) is 26.2 Å². The fraction of sp³-hybridized carbons (Fsp3) is 0.231. The largest absolute Gasteiger partial charge is 0.347 e. The first-order valence-corrected chi connectivity index (χ1v) is 11.6. The highest BCUT2D eigenvalue weighted by Crippen LogP contribution is 2.46. The Balaban J connectivity index is 1.75. The number of thioether (sulfide) groups is 1. The molecule has 2 aliphatic heterocycles. The van der Waals surface area contributed by atoms with Gasteiger partial charge >= 0.3 is 0 Å². The van der Waals surface area contributed by atoms with Gasteiger partial charge in [-0.25, -0.2) is 0 Å². The molecule has 31 heavy (non-hydrogen) atoms. The molecule has 0 unspecified atom stereocenters. The molecule has 4 rings (SSSR count). The average molecular weight is 447 g/mol. The summed E-state index contributed by atoms with van der Waals surface area (Å²) in [5.41, 5.74) is 5.61. The molecule has 0 radical (unpaired) electrons. The van der Waals surface area contributed by atoms with Gasteiger partial charge in [-0.05, 0) is 30.2 Å². The Kier molecular flexibility index (Phi) is 5.91. The van der Waals surface area contributed by atoms with Crippen molar-refractivity contribution in [2.24, 2.45) is 0 Å². The smallest absolute Gasteiger partial charge is 0.266 e. The maximum atomic E-state index is 13.0. The van der Waals surface area contributed by atoms with Crippen LogP contribution in [0.15, 0.2) is 83.4 Å². The number of amides is 1. The van der Waals surface area contributed by atoms with Crippen LogP contribution in [0.2, 0.25) is 0 Å². The summed E-state index contributed by atoms with van der Waals surface area (Å²) in [5, 5.41) is 0. The zero-order chi connectivity index (χ0) is 22.2. The second-order valence-electron chi connectivity index (χ2n) is 8.14. The Morgan fingerprint density at radius 3 is 2.42 bits per heavy atom. The van der Waals surface area contributed by atoms with Crippen LogP contribution in [-0.4, -0.2) is 28.7 Å². The van der Waals surface area contributed by atoms with Crippen LogP contribution in [0, 0.1) is 0 Å². The van der Waals surface area contributed by atoms with Gasteiger partial charge in [-0.3, -0.25) is 9.69 Å². The van der Waals surface area contributed by atoms with Crippen molar-refractivity contribution in [3.63, 3.8) is 0 Å². The molecule has 0 aromatic heterocycles. The molecule has 2 aromatic rings. The van der Waals surface area contributed by atoms with Crippen LogP contribution in [0.4, 0.5) is 5.69 Å². The first kappa shape index (κ1) is 21.6. The van der Waals surface area contributed by atoms with Gasteiger partial charge in [-0.1, -0.05) is 98.5 Å². The number of carbonyl (C=O) groups excluding carboxylic acids is 1. The zero-order valence-corrected chi connectivity index (χ0v) is 19.9. The van der Waals surface area contributed by atoms with E-state index >= 15 is 0 Å². The molecule has 3 nitrogen and oxygen atoms in total. The third-order valence-corrected chi connectivity index (χ3v) is 7.42. The van der Waals surface area contributed by atoms with E-state index in [1.165, 1.54) is 28.7 Å². The lowest BCUT2D eigenvalue weighted by molar-refractivity contribution is -0.122. The molecule has 2 aliphatic rings. The molecule has 0 N–H and O–H groups in total. The topological polar surface area (TPSA) is 23.6 Å². The van der Waals surface area contributed by atoms with Crippen LogP contribution >= 0.6 is 24.0 Å². The number of hydrogen-bond acceptors (Lipinski definition) is 4. The molecular weight excluding hydrogens is 420 g/mol. The van der Waals surface area contributed by atoms with Gasteiger partial charge in [0.05, 0.1) is 4.91 Å². The predicted octanol–water partition coefficient (Wildman–Crippen LogP) is 6.15. The van der Waals surface area contributed by atoms with Crippen LogP contribution in [0.3, 0.4) is 0 Å². The molecule has 0 bridgehead atoms. The van der Waals surface area contributed by atoms with E-state index in [-0.39, 0.29) is 11.3 Å². The second kappa shape index (κ2) is 8.48. The number of hydrogen-bond donors (Lipinski definition) is 0. The van der Waals surface area contributed by atoms with Crippen molar-refractivity contribution in [1.29, 1.82) is 0 Å². The number of allylic oxidation sites excluding steroid dienone is 5. The van der Waals surface area contributed by atoms with Crippen molar-refractivity contribution in [3.05, 3.63) is 94.6 Å². The van der Waals surface area contributed by atoms with Crippen molar-refractivity contribution < 1.29 is 4.79 Å². The lowest BCUT2D eigenvalue weighted by atomic mass is 9.84. The van der Waals surface area contributed by atoms with E-state index in [1.807, 2.05) is 43.3 Å². The minimum absolute atomic E-state index is 0.0145. The van der Waals surface area contributed by atoms with Crippen molar-refractivity contribution in [3.8, 4) is 0 Å². The van der Waals surface area contributed by atoms with Crippen molar-refractivity contribution in [1.82, 2.24) is 4.90 Å². The number of thiocarbonyl (C=S) groups is 1. The molecule has 0 saturated carbocycles. The highest BCUT2D eigenvalue weighted by atomic mass is 32.2. The number of carbonyl (C=O) groups is 1. The normalized spacial score (nSPS) is 20.8. The van der Waals surface area contributed by atoms with Crippen LogP contribution in [0.25, 0.3) is 5.57 Å². The molecule has 1 fully saturated rings. The summed E-state index contributed by atoms with van der Waals surface area (Å²) in [6.07, 6.45) is 6.25.